The molecule has 0 unspecified atom stereocenters. The third-order valence-electron chi connectivity index (χ3n) is 4.59. The van der Waals surface area contributed by atoms with Gasteiger partial charge in [0.2, 0.25) is 17.6 Å². The molecule has 2 aromatic heterocycles. The Labute approximate surface area is 186 Å². The first-order chi connectivity index (χ1) is 15.4. The van der Waals surface area contributed by atoms with Gasteiger partial charge in [0.25, 0.3) is 0 Å². The summed E-state index contributed by atoms with van der Waals surface area (Å²) in [5.74, 6) is 3.98. The zero-order valence-electron chi connectivity index (χ0n) is 18.5. The smallest absolute Gasteiger partial charge is 0.481 e. The Bertz CT molecular complexity index is 983. The maximum Gasteiger partial charge on any atom is 0.528 e. The van der Waals surface area contributed by atoms with Crippen molar-refractivity contribution >= 4 is 6.16 Å². The van der Waals surface area contributed by atoms with Crippen LogP contribution in [0.15, 0.2) is 18.6 Å². The second-order valence-electron chi connectivity index (χ2n) is 7.35. The SMILES string of the molecule is C#Cc1c(Oc2cnc(OC)cc2C)ncnc1OC1CCN(OC(=O)OC(C)C)CC1. The molecule has 0 saturated carbocycles. The lowest BCUT2D eigenvalue weighted by molar-refractivity contribution is -0.151. The number of hydroxylamine groups is 2. The topological polar surface area (TPSA) is 105 Å². The summed E-state index contributed by atoms with van der Waals surface area (Å²) in [5.41, 5.74) is 1.12. The average Bonchev–Trinajstić information content (AvgIpc) is 2.76. The van der Waals surface area contributed by atoms with Crippen LogP contribution in [0.5, 0.6) is 23.4 Å². The van der Waals surface area contributed by atoms with E-state index in [-0.39, 0.29) is 24.0 Å². The van der Waals surface area contributed by atoms with Crippen LogP contribution in [0.2, 0.25) is 0 Å². The van der Waals surface area contributed by atoms with E-state index < -0.39 is 6.16 Å². The average molecular weight is 442 g/mol. The fourth-order valence-corrected chi connectivity index (χ4v) is 3.00. The van der Waals surface area contributed by atoms with Crippen LogP contribution >= 0.6 is 0 Å². The predicted octanol–water partition coefficient (Wildman–Crippen LogP) is 3.28. The molecular formula is C22H26N4O6. The highest BCUT2D eigenvalue weighted by Crippen LogP contribution is 2.31. The molecule has 0 aromatic carbocycles. The number of piperidine rings is 1. The minimum Gasteiger partial charge on any atom is -0.481 e. The number of hydrogen-bond acceptors (Lipinski definition) is 10. The van der Waals surface area contributed by atoms with E-state index in [2.05, 4.69) is 20.9 Å². The molecular weight excluding hydrogens is 416 g/mol. The van der Waals surface area contributed by atoms with Gasteiger partial charge in [0, 0.05) is 32.0 Å². The summed E-state index contributed by atoms with van der Waals surface area (Å²) in [5, 5.41) is 1.56. The van der Waals surface area contributed by atoms with Gasteiger partial charge < -0.3 is 23.8 Å². The van der Waals surface area contributed by atoms with Gasteiger partial charge >= 0.3 is 6.16 Å². The van der Waals surface area contributed by atoms with Gasteiger partial charge in [-0.3, -0.25) is 0 Å². The fourth-order valence-electron chi connectivity index (χ4n) is 3.00. The van der Waals surface area contributed by atoms with Crippen LogP contribution in [-0.2, 0) is 9.57 Å². The molecule has 0 atom stereocenters. The molecule has 2 aromatic rings. The number of carbonyl (C=O) groups excluding carboxylic acids is 1. The molecule has 0 amide bonds. The van der Waals surface area contributed by atoms with Crippen molar-refractivity contribution in [3.05, 3.63) is 29.7 Å². The molecule has 0 spiro atoms. The van der Waals surface area contributed by atoms with E-state index >= 15 is 0 Å². The summed E-state index contributed by atoms with van der Waals surface area (Å²) >= 11 is 0. The largest absolute Gasteiger partial charge is 0.528 e. The number of aryl methyl sites for hydroxylation is 1. The minimum absolute atomic E-state index is 0.157. The van der Waals surface area contributed by atoms with Crippen LogP contribution in [0.1, 0.15) is 37.8 Å². The Balaban J connectivity index is 1.64. The first kappa shape index (κ1) is 23.1. The van der Waals surface area contributed by atoms with Crippen LogP contribution in [0, 0.1) is 19.3 Å². The van der Waals surface area contributed by atoms with E-state index in [4.69, 9.17) is 30.2 Å². The number of hydrogen-bond donors (Lipinski definition) is 0. The van der Waals surface area contributed by atoms with E-state index in [1.807, 2.05) is 6.92 Å². The van der Waals surface area contributed by atoms with Gasteiger partial charge in [0.15, 0.2) is 5.75 Å². The number of aromatic nitrogens is 3. The second kappa shape index (κ2) is 10.6. The van der Waals surface area contributed by atoms with Gasteiger partial charge in [-0.05, 0) is 26.3 Å². The van der Waals surface area contributed by atoms with Gasteiger partial charge in [-0.2, -0.15) is 0 Å². The Hall–Kier alpha value is -3.58. The van der Waals surface area contributed by atoms with Gasteiger partial charge in [-0.1, -0.05) is 5.92 Å². The summed E-state index contributed by atoms with van der Waals surface area (Å²) in [7, 11) is 1.54. The molecule has 0 radical (unpaired) electrons. The minimum atomic E-state index is -0.713. The van der Waals surface area contributed by atoms with E-state index in [0.717, 1.165) is 5.56 Å². The van der Waals surface area contributed by atoms with Crippen LogP contribution in [0.3, 0.4) is 0 Å². The Morgan fingerprint density at radius 1 is 1.22 bits per heavy atom. The highest BCUT2D eigenvalue weighted by Gasteiger charge is 2.26. The van der Waals surface area contributed by atoms with Gasteiger partial charge in [0.1, 0.15) is 18.0 Å². The van der Waals surface area contributed by atoms with Crippen molar-refractivity contribution in [1.29, 1.82) is 0 Å². The van der Waals surface area contributed by atoms with E-state index in [9.17, 15) is 4.79 Å². The molecule has 32 heavy (non-hydrogen) atoms. The zero-order chi connectivity index (χ0) is 23.1. The van der Waals surface area contributed by atoms with Gasteiger partial charge in [0.05, 0.1) is 19.4 Å². The van der Waals surface area contributed by atoms with E-state index in [0.29, 0.717) is 43.1 Å². The highest BCUT2D eigenvalue weighted by molar-refractivity contribution is 5.59. The molecule has 170 valence electrons. The third-order valence-corrected chi connectivity index (χ3v) is 4.59. The molecule has 1 fully saturated rings. The molecule has 0 N–H and O–H groups in total. The van der Waals surface area contributed by atoms with E-state index in [1.54, 1.807) is 32.1 Å². The monoisotopic (exact) mass is 442 g/mol. The Morgan fingerprint density at radius 3 is 2.56 bits per heavy atom. The molecule has 3 rings (SSSR count). The van der Waals surface area contributed by atoms with Crippen molar-refractivity contribution in [3.8, 4) is 35.7 Å². The van der Waals surface area contributed by atoms with Crippen LogP contribution < -0.4 is 14.2 Å². The van der Waals surface area contributed by atoms with Crippen molar-refractivity contribution in [1.82, 2.24) is 20.0 Å². The maximum atomic E-state index is 11.6. The number of carbonyl (C=O) groups is 1. The second-order valence-corrected chi connectivity index (χ2v) is 7.35. The van der Waals surface area contributed by atoms with Crippen molar-refractivity contribution in [2.75, 3.05) is 20.2 Å². The third kappa shape index (κ3) is 5.98. The molecule has 1 aliphatic rings. The van der Waals surface area contributed by atoms with Crippen LogP contribution in [-0.4, -0.2) is 58.6 Å². The predicted molar refractivity (Wildman–Crippen MR) is 113 cm³/mol. The van der Waals surface area contributed by atoms with E-state index in [1.165, 1.54) is 12.5 Å². The van der Waals surface area contributed by atoms with Crippen LogP contribution in [0.4, 0.5) is 4.79 Å². The first-order valence-corrected chi connectivity index (χ1v) is 10.2. The molecule has 1 saturated heterocycles. The summed E-state index contributed by atoms with van der Waals surface area (Å²) in [6.45, 7) is 6.37. The number of methoxy groups -OCH3 is 1. The number of rotatable bonds is 7. The zero-order valence-corrected chi connectivity index (χ0v) is 18.5. The summed E-state index contributed by atoms with van der Waals surface area (Å²) < 4.78 is 22.0. The summed E-state index contributed by atoms with van der Waals surface area (Å²) in [6, 6.07) is 1.75. The fraction of sp³-hybridized carbons (Fsp3) is 0.455. The summed E-state index contributed by atoms with van der Waals surface area (Å²) in [6.07, 6.45) is 8.69. The molecule has 3 heterocycles. The standard InChI is InChI=1S/C22H26N4O6/c1-6-17-20(30-16-7-9-26(10-8-16)32-22(27)29-14(2)3)24-13-25-21(17)31-18-12-23-19(28-5)11-15(18)4/h1,11-14,16H,7-10H2,2-5H3. The Morgan fingerprint density at radius 2 is 1.94 bits per heavy atom. The number of ether oxygens (including phenoxy) is 4. The Kier molecular flexibility index (Phi) is 7.68. The van der Waals surface area contributed by atoms with Gasteiger partial charge in [-0.15, -0.1) is 11.5 Å². The molecule has 0 aliphatic carbocycles. The van der Waals surface area contributed by atoms with Crippen molar-refractivity contribution in [2.24, 2.45) is 0 Å². The molecule has 0 bridgehead atoms. The number of terminal acetylenes is 1. The molecule has 1 aliphatic heterocycles. The normalized spacial score (nSPS) is 14.5. The molecule has 10 heteroatoms. The van der Waals surface area contributed by atoms with Crippen molar-refractivity contribution in [2.45, 2.75) is 45.8 Å². The van der Waals surface area contributed by atoms with Crippen LogP contribution in [0.25, 0.3) is 0 Å². The van der Waals surface area contributed by atoms with Gasteiger partial charge in [-0.25, -0.2) is 19.7 Å². The first-order valence-electron chi connectivity index (χ1n) is 10.2. The lowest BCUT2D eigenvalue weighted by Gasteiger charge is -2.30. The number of pyridine rings is 1. The lowest BCUT2D eigenvalue weighted by atomic mass is 10.1. The van der Waals surface area contributed by atoms with Crippen molar-refractivity contribution < 1.29 is 28.6 Å². The van der Waals surface area contributed by atoms with Crippen molar-refractivity contribution in [3.63, 3.8) is 0 Å². The molecule has 10 nitrogen and oxygen atoms in total. The number of nitrogens with zero attached hydrogens (tertiary/aromatic N) is 4. The lowest BCUT2D eigenvalue weighted by Crippen LogP contribution is -2.40. The highest BCUT2D eigenvalue weighted by atomic mass is 16.8. The quantitative estimate of drug-likeness (QED) is 0.468. The maximum absolute atomic E-state index is 11.6. The summed E-state index contributed by atoms with van der Waals surface area (Å²) in [4.78, 5) is 29.3.